The highest BCUT2D eigenvalue weighted by Gasteiger charge is 2.25. The molecule has 1 unspecified atom stereocenters. The van der Waals surface area contributed by atoms with E-state index >= 15 is 0 Å². The summed E-state index contributed by atoms with van der Waals surface area (Å²) in [5, 5.41) is 12.2. The summed E-state index contributed by atoms with van der Waals surface area (Å²) < 4.78 is 1.09. The number of amides is 1. The van der Waals surface area contributed by atoms with Gasteiger partial charge in [0.25, 0.3) is 5.91 Å². The van der Waals surface area contributed by atoms with Crippen LogP contribution in [0.25, 0.3) is 32.3 Å². The SMILES string of the molecule is Cc1ccc(-c2cc3scc(C(=O)N4CCCC(N)C4)c3cc2-c2ccc(C#N)cc2)cc1. The fourth-order valence-electron chi connectivity index (χ4n) is 4.54. The second kappa shape index (κ2) is 8.82. The summed E-state index contributed by atoms with van der Waals surface area (Å²) in [7, 11) is 0. The normalized spacial score (nSPS) is 16.0. The van der Waals surface area contributed by atoms with Gasteiger partial charge in [-0.15, -0.1) is 11.3 Å². The van der Waals surface area contributed by atoms with Crippen LogP contribution in [0.1, 0.15) is 34.3 Å². The number of hydrogen-bond acceptors (Lipinski definition) is 4. The maximum atomic E-state index is 13.4. The van der Waals surface area contributed by atoms with Crippen LogP contribution in [0, 0.1) is 18.3 Å². The zero-order valence-corrected chi connectivity index (χ0v) is 19.4. The van der Waals surface area contributed by atoms with Gasteiger partial charge in [0, 0.05) is 34.6 Å². The van der Waals surface area contributed by atoms with Gasteiger partial charge in [0.1, 0.15) is 0 Å². The van der Waals surface area contributed by atoms with Gasteiger partial charge in [0.15, 0.2) is 0 Å². The number of likely N-dealkylation sites (tertiary alicyclic amines) is 1. The number of nitrogens with two attached hydrogens (primary N) is 1. The zero-order chi connectivity index (χ0) is 22.9. The minimum absolute atomic E-state index is 0.0509. The minimum Gasteiger partial charge on any atom is -0.337 e. The molecule has 2 heterocycles. The van der Waals surface area contributed by atoms with Crippen LogP contribution in [-0.4, -0.2) is 29.9 Å². The van der Waals surface area contributed by atoms with Crippen molar-refractivity contribution < 1.29 is 4.79 Å². The average molecular weight is 452 g/mol. The molecule has 0 saturated carbocycles. The summed E-state index contributed by atoms with van der Waals surface area (Å²) in [5.74, 6) is 0.0604. The first-order valence-electron chi connectivity index (χ1n) is 11.2. The molecular weight excluding hydrogens is 426 g/mol. The van der Waals surface area contributed by atoms with Gasteiger partial charge in [-0.2, -0.15) is 5.26 Å². The molecule has 0 aliphatic carbocycles. The Morgan fingerprint density at radius 2 is 1.73 bits per heavy atom. The molecule has 1 atom stereocenters. The molecule has 1 fully saturated rings. The van der Waals surface area contributed by atoms with Crippen molar-refractivity contribution in [3.63, 3.8) is 0 Å². The number of piperidine rings is 1. The molecule has 4 nitrogen and oxygen atoms in total. The molecular formula is C28H25N3OS. The predicted molar refractivity (Wildman–Crippen MR) is 135 cm³/mol. The molecule has 2 N–H and O–H groups in total. The van der Waals surface area contributed by atoms with Crippen LogP contribution in [0.3, 0.4) is 0 Å². The summed E-state index contributed by atoms with van der Waals surface area (Å²) in [6, 6.07) is 22.7. The number of thiophene rings is 1. The quantitative estimate of drug-likeness (QED) is 0.417. The summed E-state index contributed by atoms with van der Waals surface area (Å²) >= 11 is 1.61. The summed E-state index contributed by atoms with van der Waals surface area (Å²) in [5.41, 5.74) is 13.0. The van der Waals surface area contributed by atoms with Crippen LogP contribution in [-0.2, 0) is 0 Å². The largest absolute Gasteiger partial charge is 0.337 e. The first-order chi connectivity index (χ1) is 16.0. The lowest BCUT2D eigenvalue weighted by Crippen LogP contribution is -2.45. The van der Waals surface area contributed by atoms with Gasteiger partial charge in [-0.3, -0.25) is 4.79 Å². The van der Waals surface area contributed by atoms with E-state index in [1.807, 2.05) is 34.5 Å². The lowest BCUT2D eigenvalue weighted by atomic mass is 9.92. The van der Waals surface area contributed by atoms with E-state index in [1.165, 1.54) is 5.56 Å². The summed E-state index contributed by atoms with van der Waals surface area (Å²) in [6.07, 6.45) is 1.92. The van der Waals surface area contributed by atoms with Gasteiger partial charge in [-0.1, -0.05) is 42.0 Å². The molecule has 3 aromatic carbocycles. The molecule has 5 rings (SSSR count). The minimum atomic E-state index is 0.0509. The second-order valence-corrected chi connectivity index (χ2v) is 9.66. The second-order valence-electron chi connectivity index (χ2n) is 8.75. The van der Waals surface area contributed by atoms with Gasteiger partial charge in [0.05, 0.1) is 17.2 Å². The van der Waals surface area contributed by atoms with E-state index in [1.54, 1.807) is 11.3 Å². The van der Waals surface area contributed by atoms with E-state index in [9.17, 15) is 10.1 Å². The first-order valence-corrected chi connectivity index (χ1v) is 12.1. The summed E-state index contributed by atoms with van der Waals surface area (Å²) in [6.45, 7) is 3.45. The first kappa shape index (κ1) is 21.4. The van der Waals surface area contributed by atoms with Gasteiger partial charge < -0.3 is 10.6 Å². The maximum absolute atomic E-state index is 13.4. The molecule has 164 valence electrons. The van der Waals surface area contributed by atoms with Crippen molar-refractivity contribution in [2.24, 2.45) is 5.73 Å². The molecule has 0 spiro atoms. The van der Waals surface area contributed by atoms with Crippen LogP contribution < -0.4 is 5.73 Å². The maximum Gasteiger partial charge on any atom is 0.255 e. The number of nitriles is 1. The van der Waals surface area contributed by atoms with Crippen LogP contribution >= 0.6 is 11.3 Å². The lowest BCUT2D eigenvalue weighted by Gasteiger charge is -2.30. The van der Waals surface area contributed by atoms with E-state index in [2.05, 4.69) is 49.4 Å². The Balaban J connectivity index is 1.66. The van der Waals surface area contributed by atoms with Crippen molar-refractivity contribution in [2.45, 2.75) is 25.8 Å². The topological polar surface area (TPSA) is 70.1 Å². The van der Waals surface area contributed by atoms with E-state index in [0.29, 0.717) is 12.1 Å². The number of aryl methyl sites for hydroxylation is 1. The van der Waals surface area contributed by atoms with E-state index < -0.39 is 0 Å². The molecule has 0 radical (unpaired) electrons. The number of nitrogens with zero attached hydrogens (tertiary/aromatic N) is 2. The number of fused-ring (bicyclic) bond motifs is 1. The molecule has 1 aliphatic rings. The van der Waals surface area contributed by atoms with Gasteiger partial charge >= 0.3 is 0 Å². The van der Waals surface area contributed by atoms with Crippen molar-refractivity contribution in [1.29, 1.82) is 5.26 Å². The average Bonchev–Trinajstić information content (AvgIpc) is 3.26. The van der Waals surface area contributed by atoms with Crippen molar-refractivity contribution in [1.82, 2.24) is 4.90 Å². The highest BCUT2D eigenvalue weighted by atomic mass is 32.1. The Morgan fingerprint density at radius 3 is 2.39 bits per heavy atom. The van der Waals surface area contributed by atoms with E-state index in [4.69, 9.17) is 5.73 Å². The van der Waals surface area contributed by atoms with Gasteiger partial charge in [0.2, 0.25) is 0 Å². The highest BCUT2D eigenvalue weighted by molar-refractivity contribution is 7.17. The third kappa shape index (κ3) is 4.16. The van der Waals surface area contributed by atoms with Crippen molar-refractivity contribution >= 4 is 27.3 Å². The number of rotatable bonds is 3. The highest BCUT2D eigenvalue weighted by Crippen LogP contribution is 2.39. The molecule has 1 saturated heterocycles. The van der Waals surface area contributed by atoms with Crippen LogP contribution in [0.2, 0.25) is 0 Å². The Kier molecular flexibility index (Phi) is 5.72. The Morgan fingerprint density at radius 1 is 1.06 bits per heavy atom. The van der Waals surface area contributed by atoms with Crippen molar-refractivity contribution in [2.75, 3.05) is 13.1 Å². The third-order valence-electron chi connectivity index (χ3n) is 6.38. The van der Waals surface area contributed by atoms with Crippen LogP contribution in [0.15, 0.2) is 66.0 Å². The van der Waals surface area contributed by atoms with E-state index in [-0.39, 0.29) is 11.9 Å². The zero-order valence-electron chi connectivity index (χ0n) is 18.5. The predicted octanol–water partition coefficient (Wildman–Crippen LogP) is 5.98. The van der Waals surface area contributed by atoms with Gasteiger partial charge in [-0.25, -0.2) is 0 Å². The molecule has 0 bridgehead atoms. The fraction of sp³-hybridized carbons (Fsp3) is 0.214. The Bertz CT molecular complexity index is 1360. The molecule has 4 aromatic rings. The number of benzene rings is 3. The molecule has 33 heavy (non-hydrogen) atoms. The Labute approximate surface area is 197 Å². The van der Waals surface area contributed by atoms with E-state index in [0.717, 1.165) is 57.3 Å². The molecule has 1 aliphatic heterocycles. The number of carbonyl (C=O) groups is 1. The van der Waals surface area contributed by atoms with Crippen LogP contribution in [0.4, 0.5) is 0 Å². The monoisotopic (exact) mass is 451 g/mol. The summed E-state index contributed by atoms with van der Waals surface area (Å²) in [4.78, 5) is 15.3. The van der Waals surface area contributed by atoms with Crippen molar-refractivity contribution in [3.05, 3.63) is 82.7 Å². The van der Waals surface area contributed by atoms with Crippen LogP contribution in [0.5, 0.6) is 0 Å². The smallest absolute Gasteiger partial charge is 0.255 e. The lowest BCUT2D eigenvalue weighted by molar-refractivity contribution is 0.0711. The standard InChI is InChI=1S/C28H25N3OS/c1-18-4-8-20(9-5-18)24-14-27-25(13-23(24)21-10-6-19(15-29)7-11-21)26(17-33-27)28(32)31-12-2-3-22(30)16-31/h4-11,13-14,17,22H,2-3,12,16,30H2,1H3. The fourth-order valence-corrected chi connectivity index (χ4v) is 5.49. The molecule has 1 amide bonds. The molecule has 1 aromatic heterocycles. The number of carbonyl (C=O) groups excluding carboxylic acids is 1. The Hall–Kier alpha value is -3.46. The third-order valence-corrected chi connectivity index (χ3v) is 7.32. The molecule has 5 heteroatoms. The van der Waals surface area contributed by atoms with Crippen molar-refractivity contribution in [3.8, 4) is 28.3 Å². The number of hydrogen-bond donors (Lipinski definition) is 1. The van der Waals surface area contributed by atoms with Gasteiger partial charge in [-0.05, 0) is 66.3 Å².